The lowest BCUT2D eigenvalue weighted by Gasteiger charge is -2.05. The van der Waals surface area contributed by atoms with Gasteiger partial charge in [-0.1, -0.05) is 13.8 Å². The van der Waals surface area contributed by atoms with Crippen molar-refractivity contribution in [3.8, 4) is 11.1 Å². The molecule has 0 aliphatic carbocycles. The zero-order chi connectivity index (χ0) is 12.4. The lowest BCUT2D eigenvalue weighted by Crippen LogP contribution is -1.94. The van der Waals surface area contributed by atoms with Crippen molar-refractivity contribution in [2.24, 2.45) is 7.05 Å². The number of pyridine rings is 1. The monoisotopic (exact) mass is 229 g/mol. The Bertz CT molecular complexity index is 543. The van der Waals surface area contributed by atoms with Crippen molar-refractivity contribution in [2.75, 3.05) is 0 Å². The van der Waals surface area contributed by atoms with Gasteiger partial charge in [0.25, 0.3) is 0 Å². The van der Waals surface area contributed by atoms with E-state index in [1.165, 1.54) is 0 Å². The van der Waals surface area contributed by atoms with Gasteiger partial charge in [-0.25, -0.2) is 0 Å². The molecule has 0 aromatic carbocycles. The Morgan fingerprint density at radius 1 is 1.35 bits per heavy atom. The predicted molar refractivity (Wildman–Crippen MR) is 65.9 cm³/mol. The molecule has 0 amide bonds. The number of aryl methyl sites for hydroxylation is 1. The summed E-state index contributed by atoms with van der Waals surface area (Å²) in [5.41, 5.74) is 3.59. The third-order valence-corrected chi connectivity index (χ3v) is 2.61. The Hall–Kier alpha value is -1.97. The molecule has 0 N–H and O–H groups in total. The molecular formula is C13H15N3O. The molecule has 0 atom stereocenters. The van der Waals surface area contributed by atoms with Crippen molar-refractivity contribution in [3.63, 3.8) is 0 Å². The summed E-state index contributed by atoms with van der Waals surface area (Å²) in [6, 6.07) is 1.84. The van der Waals surface area contributed by atoms with Crippen LogP contribution in [0, 0.1) is 0 Å². The molecule has 0 radical (unpaired) electrons. The molecule has 17 heavy (non-hydrogen) atoms. The first-order valence-corrected chi connectivity index (χ1v) is 5.56. The standard InChI is InChI=1S/C13H15N3O/c1-9(2)13-12(7-16(3)15-13)11-4-10(8-17)5-14-6-11/h4-9H,1-3H3. The molecule has 0 spiro atoms. The molecule has 0 saturated carbocycles. The van der Waals surface area contributed by atoms with Crippen LogP contribution >= 0.6 is 0 Å². The highest BCUT2D eigenvalue weighted by Crippen LogP contribution is 2.27. The molecule has 2 aromatic rings. The van der Waals surface area contributed by atoms with E-state index in [1.54, 1.807) is 17.1 Å². The number of aromatic nitrogens is 3. The summed E-state index contributed by atoms with van der Waals surface area (Å²) in [5.74, 6) is 0.339. The highest BCUT2D eigenvalue weighted by Gasteiger charge is 2.13. The summed E-state index contributed by atoms with van der Waals surface area (Å²) in [4.78, 5) is 14.8. The smallest absolute Gasteiger partial charge is 0.151 e. The SMILES string of the molecule is CC(C)c1nn(C)cc1-c1cncc(C=O)c1. The summed E-state index contributed by atoms with van der Waals surface area (Å²) < 4.78 is 1.79. The number of carbonyl (C=O) groups is 1. The number of hydrogen-bond donors (Lipinski definition) is 0. The van der Waals surface area contributed by atoms with Crippen LogP contribution in [0.4, 0.5) is 0 Å². The molecule has 2 aromatic heterocycles. The second-order valence-electron chi connectivity index (χ2n) is 4.38. The topological polar surface area (TPSA) is 47.8 Å². The van der Waals surface area contributed by atoms with Crippen molar-refractivity contribution in [2.45, 2.75) is 19.8 Å². The number of aldehydes is 1. The third-order valence-electron chi connectivity index (χ3n) is 2.61. The molecule has 0 saturated heterocycles. The van der Waals surface area contributed by atoms with Gasteiger partial charge in [0.1, 0.15) is 0 Å². The average Bonchev–Trinajstić information content (AvgIpc) is 2.72. The molecular weight excluding hydrogens is 214 g/mol. The van der Waals surface area contributed by atoms with E-state index in [0.717, 1.165) is 23.1 Å². The quantitative estimate of drug-likeness (QED) is 0.759. The maximum Gasteiger partial charge on any atom is 0.151 e. The van der Waals surface area contributed by atoms with E-state index in [2.05, 4.69) is 23.9 Å². The van der Waals surface area contributed by atoms with Crippen LogP contribution in [0.3, 0.4) is 0 Å². The van der Waals surface area contributed by atoms with Gasteiger partial charge in [-0.3, -0.25) is 14.5 Å². The molecule has 0 aliphatic rings. The van der Waals surface area contributed by atoms with Crippen LogP contribution in [0.15, 0.2) is 24.7 Å². The fourth-order valence-corrected chi connectivity index (χ4v) is 1.82. The van der Waals surface area contributed by atoms with Crippen LogP contribution in [-0.4, -0.2) is 21.1 Å². The van der Waals surface area contributed by atoms with Gasteiger partial charge < -0.3 is 0 Å². The summed E-state index contributed by atoms with van der Waals surface area (Å²) in [6.07, 6.45) is 6.08. The fourth-order valence-electron chi connectivity index (χ4n) is 1.82. The van der Waals surface area contributed by atoms with E-state index in [1.807, 2.05) is 19.3 Å². The van der Waals surface area contributed by atoms with Crippen LogP contribution in [-0.2, 0) is 7.05 Å². The lowest BCUT2D eigenvalue weighted by molar-refractivity contribution is 0.112. The number of nitrogens with zero attached hydrogens (tertiary/aromatic N) is 3. The molecule has 4 heteroatoms. The van der Waals surface area contributed by atoms with E-state index in [0.29, 0.717) is 11.5 Å². The first kappa shape index (κ1) is 11.5. The van der Waals surface area contributed by atoms with Crippen LogP contribution in [0.2, 0.25) is 0 Å². The first-order chi connectivity index (χ1) is 8.11. The minimum absolute atomic E-state index is 0.339. The normalized spacial score (nSPS) is 10.8. The van der Waals surface area contributed by atoms with Gasteiger partial charge in [0.05, 0.1) is 5.69 Å². The van der Waals surface area contributed by atoms with Gasteiger partial charge in [0, 0.05) is 42.3 Å². The predicted octanol–water partition coefficient (Wildman–Crippen LogP) is 2.42. The molecule has 0 aliphatic heterocycles. The Morgan fingerprint density at radius 2 is 2.12 bits per heavy atom. The van der Waals surface area contributed by atoms with Crippen molar-refractivity contribution in [1.82, 2.24) is 14.8 Å². The van der Waals surface area contributed by atoms with Gasteiger partial charge >= 0.3 is 0 Å². The zero-order valence-corrected chi connectivity index (χ0v) is 10.2. The molecule has 0 unspecified atom stereocenters. The zero-order valence-electron chi connectivity index (χ0n) is 10.2. The first-order valence-electron chi connectivity index (χ1n) is 5.56. The Balaban J connectivity index is 2.55. The summed E-state index contributed by atoms with van der Waals surface area (Å²) >= 11 is 0. The van der Waals surface area contributed by atoms with Crippen molar-refractivity contribution in [1.29, 1.82) is 0 Å². The van der Waals surface area contributed by atoms with E-state index in [-0.39, 0.29) is 0 Å². The van der Waals surface area contributed by atoms with Crippen molar-refractivity contribution < 1.29 is 4.79 Å². The molecule has 2 heterocycles. The molecule has 2 rings (SSSR count). The molecule has 0 fully saturated rings. The Kier molecular flexibility index (Phi) is 3.04. The van der Waals surface area contributed by atoms with E-state index in [4.69, 9.17) is 0 Å². The molecule has 0 bridgehead atoms. The van der Waals surface area contributed by atoms with Crippen LogP contribution < -0.4 is 0 Å². The number of hydrogen-bond acceptors (Lipinski definition) is 3. The second kappa shape index (κ2) is 4.49. The minimum atomic E-state index is 0.339. The number of rotatable bonds is 3. The number of carbonyl (C=O) groups excluding carboxylic acids is 1. The fraction of sp³-hybridized carbons (Fsp3) is 0.308. The molecule has 88 valence electrons. The van der Waals surface area contributed by atoms with Gasteiger partial charge in [0.15, 0.2) is 6.29 Å². The Labute approximate surface area is 100 Å². The van der Waals surface area contributed by atoms with Crippen molar-refractivity contribution >= 4 is 6.29 Å². The van der Waals surface area contributed by atoms with Gasteiger partial charge in [-0.2, -0.15) is 5.10 Å². The average molecular weight is 229 g/mol. The van der Waals surface area contributed by atoms with Crippen LogP contribution in [0.25, 0.3) is 11.1 Å². The summed E-state index contributed by atoms with van der Waals surface area (Å²) in [6.45, 7) is 4.20. The highest BCUT2D eigenvalue weighted by molar-refractivity contribution is 5.78. The van der Waals surface area contributed by atoms with Crippen LogP contribution in [0.1, 0.15) is 35.8 Å². The lowest BCUT2D eigenvalue weighted by atomic mass is 10.0. The highest BCUT2D eigenvalue weighted by atomic mass is 16.1. The maximum atomic E-state index is 10.8. The van der Waals surface area contributed by atoms with Gasteiger partial charge in [-0.15, -0.1) is 0 Å². The summed E-state index contributed by atoms with van der Waals surface area (Å²) in [7, 11) is 1.90. The minimum Gasteiger partial charge on any atom is -0.298 e. The van der Waals surface area contributed by atoms with E-state index in [9.17, 15) is 4.79 Å². The van der Waals surface area contributed by atoms with Crippen molar-refractivity contribution in [3.05, 3.63) is 35.9 Å². The third kappa shape index (κ3) is 2.25. The van der Waals surface area contributed by atoms with E-state index < -0.39 is 0 Å². The van der Waals surface area contributed by atoms with Crippen LogP contribution in [0.5, 0.6) is 0 Å². The summed E-state index contributed by atoms with van der Waals surface area (Å²) in [5, 5.41) is 4.44. The molecule has 4 nitrogen and oxygen atoms in total. The van der Waals surface area contributed by atoms with E-state index >= 15 is 0 Å². The van der Waals surface area contributed by atoms with Gasteiger partial charge in [0.2, 0.25) is 0 Å². The maximum absolute atomic E-state index is 10.8. The Morgan fingerprint density at radius 3 is 2.76 bits per heavy atom. The second-order valence-corrected chi connectivity index (χ2v) is 4.38. The largest absolute Gasteiger partial charge is 0.298 e. The van der Waals surface area contributed by atoms with Gasteiger partial charge in [-0.05, 0) is 12.0 Å².